The van der Waals surface area contributed by atoms with Gasteiger partial charge in [0.05, 0.1) is 12.7 Å². The number of hydrogen-bond acceptors (Lipinski definition) is 3. The second kappa shape index (κ2) is 3.80. The van der Waals surface area contributed by atoms with Crippen LogP contribution >= 0.6 is 0 Å². The first-order valence-corrected chi connectivity index (χ1v) is 3.81. The van der Waals surface area contributed by atoms with Gasteiger partial charge in [-0.1, -0.05) is 11.2 Å². The molecule has 3 N–H and O–H groups in total. The molecular weight excluding hydrogens is 168 g/mol. The minimum Gasteiger partial charge on any atom is -0.496 e. The Hall–Kier alpha value is -1.71. The van der Waals surface area contributed by atoms with Crippen molar-refractivity contribution in [2.24, 2.45) is 10.9 Å². The molecule has 0 radical (unpaired) electrons. The van der Waals surface area contributed by atoms with E-state index in [1.165, 1.54) is 0 Å². The summed E-state index contributed by atoms with van der Waals surface area (Å²) in [6.07, 6.45) is 0. The molecule has 0 saturated carbocycles. The van der Waals surface area contributed by atoms with Crippen LogP contribution in [-0.4, -0.2) is 18.2 Å². The first-order chi connectivity index (χ1) is 6.19. The zero-order valence-corrected chi connectivity index (χ0v) is 7.61. The van der Waals surface area contributed by atoms with E-state index in [4.69, 9.17) is 15.7 Å². The summed E-state index contributed by atoms with van der Waals surface area (Å²) in [7, 11) is 1.54. The minimum atomic E-state index is 0.0526. The quantitative estimate of drug-likeness (QED) is 0.310. The molecule has 0 fully saturated rings. The van der Waals surface area contributed by atoms with Gasteiger partial charge >= 0.3 is 0 Å². The zero-order chi connectivity index (χ0) is 9.84. The number of hydrogen-bond donors (Lipinski definition) is 2. The number of methoxy groups -OCH3 is 1. The molecule has 0 aliphatic rings. The molecule has 0 bridgehead atoms. The highest BCUT2D eigenvalue weighted by molar-refractivity contribution is 5.99. The Kier molecular flexibility index (Phi) is 2.74. The second-order valence-electron chi connectivity index (χ2n) is 2.69. The van der Waals surface area contributed by atoms with E-state index >= 15 is 0 Å². The third kappa shape index (κ3) is 1.90. The maximum absolute atomic E-state index is 8.48. The SMILES string of the molecule is COc1cc(C)ccc1/C(N)=N/O. The van der Waals surface area contributed by atoms with E-state index in [1.807, 2.05) is 19.1 Å². The number of aryl methyl sites for hydroxylation is 1. The van der Waals surface area contributed by atoms with Gasteiger partial charge in [0, 0.05) is 0 Å². The molecule has 1 aromatic carbocycles. The molecule has 0 aromatic heterocycles. The highest BCUT2D eigenvalue weighted by atomic mass is 16.5. The van der Waals surface area contributed by atoms with Gasteiger partial charge in [-0.25, -0.2) is 0 Å². The van der Waals surface area contributed by atoms with Crippen molar-refractivity contribution in [2.45, 2.75) is 6.92 Å². The highest BCUT2D eigenvalue weighted by Gasteiger charge is 2.06. The van der Waals surface area contributed by atoms with Crippen molar-refractivity contribution in [3.63, 3.8) is 0 Å². The summed E-state index contributed by atoms with van der Waals surface area (Å²) in [6, 6.07) is 5.45. The van der Waals surface area contributed by atoms with E-state index in [2.05, 4.69) is 5.16 Å². The second-order valence-corrected chi connectivity index (χ2v) is 2.69. The molecule has 13 heavy (non-hydrogen) atoms. The van der Waals surface area contributed by atoms with Gasteiger partial charge in [0.25, 0.3) is 0 Å². The fraction of sp³-hybridized carbons (Fsp3) is 0.222. The van der Waals surface area contributed by atoms with Gasteiger partial charge in [-0.15, -0.1) is 0 Å². The number of nitrogens with zero attached hydrogens (tertiary/aromatic N) is 1. The van der Waals surface area contributed by atoms with Crippen molar-refractivity contribution in [1.29, 1.82) is 0 Å². The Labute approximate surface area is 76.6 Å². The number of rotatable bonds is 2. The van der Waals surface area contributed by atoms with Crippen molar-refractivity contribution >= 4 is 5.84 Å². The predicted octanol–water partition coefficient (Wildman–Crippen LogP) is 1.10. The lowest BCUT2D eigenvalue weighted by molar-refractivity contribution is 0.318. The molecule has 1 rings (SSSR count). The Morgan fingerprint density at radius 3 is 2.77 bits per heavy atom. The Balaban J connectivity index is 3.21. The molecule has 0 aliphatic carbocycles. The van der Waals surface area contributed by atoms with Crippen LogP contribution in [0.1, 0.15) is 11.1 Å². The summed E-state index contributed by atoms with van der Waals surface area (Å²) in [5.74, 6) is 0.659. The number of benzene rings is 1. The van der Waals surface area contributed by atoms with Crippen molar-refractivity contribution in [2.75, 3.05) is 7.11 Å². The van der Waals surface area contributed by atoms with Crippen molar-refractivity contribution in [3.05, 3.63) is 29.3 Å². The largest absolute Gasteiger partial charge is 0.496 e. The summed E-state index contributed by atoms with van der Waals surface area (Å²) in [5.41, 5.74) is 7.10. The monoisotopic (exact) mass is 180 g/mol. The maximum Gasteiger partial charge on any atom is 0.173 e. The van der Waals surface area contributed by atoms with Crippen molar-refractivity contribution < 1.29 is 9.94 Å². The summed E-state index contributed by atoms with van der Waals surface area (Å²) in [6.45, 7) is 1.94. The highest BCUT2D eigenvalue weighted by Crippen LogP contribution is 2.19. The molecule has 0 amide bonds. The summed E-state index contributed by atoms with van der Waals surface area (Å²) < 4.78 is 5.08. The Morgan fingerprint density at radius 1 is 1.54 bits per heavy atom. The molecule has 4 heteroatoms. The van der Waals surface area contributed by atoms with E-state index < -0.39 is 0 Å². The molecule has 0 unspecified atom stereocenters. The van der Waals surface area contributed by atoms with Gasteiger partial charge < -0.3 is 15.7 Å². The number of ether oxygens (including phenoxy) is 1. The lowest BCUT2D eigenvalue weighted by Gasteiger charge is -2.07. The topological polar surface area (TPSA) is 67.8 Å². The van der Waals surface area contributed by atoms with Crippen molar-refractivity contribution in [3.8, 4) is 5.75 Å². The fourth-order valence-corrected chi connectivity index (χ4v) is 1.06. The number of oxime groups is 1. The smallest absolute Gasteiger partial charge is 0.173 e. The average molecular weight is 180 g/mol. The minimum absolute atomic E-state index is 0.0526. The molecular formula is C9H12N2O2. The van der Waals surface area contributed by atoms with Crippen LogP contribution in [0.3, 0.4) is 0 Å². The average Bonchev–Trinajstić information content (AvgIpc) is 2.16. The Bertz CT molecular complexity index is 334. The lowest BCUT2D eigenvalue weighted by Crippen LogP contribution is -2.14. The van der Waals surface area contributed by atoms with Crippen LogP contribution in [-0.2, 0) is 0 Å². The lowest BCUT2D eigenvalue weighted by atomic mass is 10.1. The van der Waals surface area contributed by atoms with Crippen LogP contribution in [0.25, 0.3) is 0 Å². The first-order valence-electron chi connectivity index (χ1n) is 3.81. The van der Waals surface area contributed by atoms with Crippen molar-refractivity contribution in [1.82, 2.24) is 0 Å². The summed E-state index contributed by atoms with van der Waals surface area (Å²) in [5, 5.41) is 11.4. The third-order valence-electron chi connectivity index (χ3n) is 1.74. The standard InChI is InChI=1S/C9H12N2O2/c1-6-3-4-7(9(10)11-12)8(5-6)13-2/h3-5,12H,1-2H3,(H2,10,11). The van der Waals surface area contributed by atoms with Gasteiger partial charge in [-0.05, 0) is 24.6 Å². The van der Waals surface area contributed by atoms with Gasteiger partial charge in [0.2, 0.25) is 0 Å². The molecule has 70 valence electrons. The molecule has 0 heterocycles. The first kappa shape index (κ1) is 9.38. The third-order valence-corrected chi connectivity index (χ3v) is 1.74. The van der Waals surface area contributed by atoms with Crippen LogP contribution in [0.5, 0.6) is 5.75 Å². The van der Waals surface area contributed by atoms with Crippen LogP contribution in [0, 0.1) is 6.92 Å². The molecule has 0 atom stereocenters. The molecule has 0 spiro atoms. The van der Waals surface area contributed by atoms with Gasteiger partial charge in [-0.3, -0.25) is 0 Å². The van der Waals surface area contributed by atoms with Gasteiger partial charge in [0.1, 0.15) is 5.75 Å². The van der Waals surface area contributed by atoms with E-state index in [0.29, 0.717) is 11.3 Å². The van der Waals surface area contributed by atoms with Crippen LogP contribution < -0.4 is 10.5 Å². The van der Waals surface area contributed by atoms with Crippen LogP contribution in [0.4, 0.5) is 0 Å². The maximum atomic E-state index is 8.48. The fourth-order valence-electron chi connectivity index (χ4n) is 1.06. The summed E-state index contributed by atoms with van der Waals surface area (Å²) >= 11 is 0. The molecule has 1 aromatic rings. The van der Waals surface area contributed by atoms with Crippen LogP contribution in [0.15, 0.2) is 23.4 Å². The predicted molar refractivity (Wildman–Crippen MR) is 50.2 cm³/mol. The van der Waals surface area contributed by atoms with E-state index in [9.17, 15) is 0 Å². The van der Waals surface area contributed by atoms with E-state index in [-0.39, 0.29) is 5.84 Å². The van der Waals surface area contributed by atoms with E-state index in [1.54, 1.807) is 13.2 Å². The molecule has 4 nitrogen and oxygen atoms in total. The van der Waals surface area contributed by atoms with Gasteiger partial charge in [0.15, 0.2) is 5.84 Å². The van der Waals surface area contributed by atoms with Crippen LogP contribution in [0.2, 0.25) is 0 Å². The zero-order valence-electron chi connectivity index (χ0n) is 7.61. The Morgan fingerprint density at radius 2 is 2.23 bits per heavy atom. The summed E-state index contributed by atoms with van der Waals surface area (Å²) in [4.78, 5) is 0. The number of amidine groups is 1. The molecule has 0 aliphatic heterocycles. The molecule has 0 saturated heterocycles. The van der Waals surface area contributed by atoms with E-state index in [0.717, 1.165) is 5.56 Å². The normalized spacial score (nSPS) is 11.4. The van der Waals surface area contributed by atoms with Gasteiger partial charge in [-0.2, -0.15) is 0 Å². The number of nitrogens with two attached hydrogens (primary N) is 1.